The normalized spacial score (nSPS) is 44.1. The lowest BCUT2D eigenvalue weighted by atomic mass is 9.82. The summed E-state index contributed by atoms with van der Waals surface area (Å²) in [5.74, 6) is 2.10. The molecule has 1 saturated heterocycles. The van der Waals surface area contributed by atoms with Gasteiger partial charge in [-0.05, 0) is 30.2 Å². The number of nitrogens with zero attached hydrogens (tertiary/aromatic N) is 1. The van der Waals surface area contributed by atoms with Crippen molar-refractivity contribution in [3.05, 3.63) is 0 Å². The summed E-state index contributed by atoms with van der Waals surface area (Å²) in [5.41, 5.74) is 0.491. The molecule has 2 rings (SSSR count). The molecule has 1 nitrogen and oxygen atoms in total. The van der Waals surface area contributed by atoms with Gasteiger partial charge < -0.3 is 4.81 Å². The Morgan fingerprint density at radius 1 is 1.36 bits per heavy atom. The van der Waals surface area contributed by atoms with Crippen LogP contribution < -0.4 is 0 Å². The smallest absolute Gasteiger partial charge is 0.185 e. The molecule has 0 bridgehead atoms. The van der Waals surface area contributed by atoms with Crippen LogP contribution >= 0.6 is 0 Å². The van der Waals surface area contributed by atoms with Crippen molar-refractivity contribution in [3.63, 3.8) is 0 Å². The van der Waals surface area contributed by atoms with Gasteiger partial charge in [-0.2, -0.15) is 0 Å². The van der Waals surface area contributed by atoms with Gasteiger partial charge in [0.2, 0.25) is 0 Å². The second-order valence-electron chi connectivity index (χ2n) is 5.41. The van der Waals surface area contributed by atoms with E-state index in [9.17, 15) is 0 Å². The molecule has 11 heavy (non-hydrogen) atoms. The fourth-order valence-corrected chi connectivity index (χ4v) is 2.98. The molecule has 1 heterocycles. The Balaban J connectivity index is 2.12. The average Bonchev–Trinajstić information content (AvgIpc) is 2.38. The SMILES string of the molecule is BN1CC2CC2[C@H]1C(C)(C)C. The summed E-state index contributed by atoms with van der Waals surface area (Å²) in [4.78, 5) is 2.55. The van der Waals surface area contributed by atoms with E-state index in [-0.39, 0.29) is 0 Å². The van der Waals surface area contributed by atoms with Crippen molar-refractivity contribution in [3.8, 4) is 0 Å². The van der Waals surface area contributed by atoms with Crippen LogP contribution in [0.3, 0.4) is 0 Å². The van der Waals surface area contributed by atoms with Crippen molar-refractivity contribution in [2.24, 2.45) is 17.3 Å². The van der Waals surface area contributed by atoms with Gasteiger partial charge in [0.25, 0.3) is 0 Å². The lowest BCUT2D eigenvalue weighted by molar-refractivity contribution is 0.192. The minimum absolute atomic E-state index is 0.491. The summed E-state index contributed by atoms with van der Waals surface area (Å²) in [6.45, 7) is 8.46. The van der Waals surface area contributed by atoms with E-state index in [1.54, 1.807) is 0 Å². The molecule has 2 aliphatic rings. The van der Waals surface area contributed by atoms with Crippen LogP contribution in [0.25, 0.3) is 0 Å². The molecular weight excluding hydrogens is 133 g/mol. The van der Waals surface area contributed by atoms with E-state index >= 15 is 0 Å². The quantitative estimate of drug-likeness (QED) is 0.465. The van der Waals surface area contributed by atoms with Gasteiger partial charge in [0.15, 0.2) is 7.98 Å². The highest BCUT2D eigenvalue weighted by Gasteiger charge is 2.54. The minimum Gasteiger partial charge on any atom is -0.345 e. The number of fused-ring (bicyclic) bond motifs is 1. The maximum atomic E-state index is 2.55. The first-order valence-corrected chi connectivity index (χ1v) is 4.70. The maximum absolute atomic E-state index is 2.55. The van der Waals surface area contributed by atoms with Crippen LogP contribution in [0.1, 0.15) is 27.2 Å². The van der Waals surface area contributed by atoms with E-state index in [1.165, 1.54) is 13.0 Å². The molecule has 62 valence electrons. The molecular formula is C9H18BN. The molecule has 1 aliphatic heterocycles. The fourth-order valence-electron chi connectivity index (χ4n) is 2.98. The first-order valence-electron chi connectivity index (χ1n) is 4.70. The van der Waals surface area contributed by atoms with Gasteiger partial charge in [-0.1, -0.05) is 20.8 Å². The second kappa shape index (κ2) is 2.04. The Hall–Kier alpha value is 0.0249. The molecule has 0 aromatic carbocycles. The first kappa shape index (κ1) is 7.66. The summed E-state index contributed by atoms with van der Waals surface area (Å²) in [5, 5.41) is 0. The van der Waals surface area contributed by atoms with Gasteiger partial charge >= 0.3 is 0 Å². The van der Waals surface area contributed by atoms with Crippen molar-refractivity contribution in [2.45, 2.75) is 33.2 Å². The average molecular weight is 151 g/mol. The lowest BCUT2D eigenvalue weighted by Gasteiger charge is -2.35. The molecule has 1 aliphatic carbocycles. The van der Waals surface area contributed by atoms with E-state index in [4.69, 9.17) is 0 Å². The Morgan fingerprint density at radius 2 is 2.00 bits per heavy atom. The van der Waals surface area contributed by atoms with Gasteiger partial charge in [0.1, 0.15) is 0 Å². The third-order valence-corrected chi connectivity index (χ3v) is 3.27. The highest BCUT2D eigenvalue weighted by molar-refractivity contribution is 6.05. The van der Waals surface area contributed by atoms with Crippen LogP contribution in [-0.2, 0) is 0 Å². The maximum Gasteiger partial charge on any atom is 0.185 e. The second-order valence-corrected chi connectivity index (χ2v) is 5.41. The van der Waals surface area contributed by atoms with Crippen molar-refractivity contribution in [2.75, 3.05) is 6.54 Å². The molecule has 2 fully saturated rings. The van der Waals surface area contributed by atoms with E-state index < -0.39 is 0 Å². The van der Waals surface area contributed by atoms with E-state index in [2.05, 4.69) is 33.6 Å². The molecule has 2 heteroatoms. The number of rotatable bonds is 0. The van der Waals surface area contributed by atoms with Crippen molar-refractivity contribution >= 4 is 7.98 Å². The molecule has 0 amide bonds. The highest BCUT2D eigenvalue weighted by Crippen LogP contribution is 2.53. The standard InChI is InChI=1S/C9H18BN/c1-9(2,3)8-7-4-6(7)5-11(8)10/h6-8H,4-5,10H2,1-3H3/t6?,7?,8-/m0/s1. The highest BCUT2D eigenvalue weighted by atomic mass is 15.1. The van der Waals surface area contributed by atoms with Crippen LogP contribution in [0.15, 0.2) is 0 Å². The van der Waals surface area contributed by atoms with E-state index in [0.717, 1.165) is 17.9 Å². The largest absolute Gasteiger partial charge is 0.345 e. The van der Waals surface area contributed by atoms with E-state index in [1.807, 2.05) is 0 Å². The topological polar surface area (TPSA) is 3.24 Å². The fraction of sp³-hybridized carbons (Fsp3) is 1.00. The zero-order valence-corrected chi connectivity index (χ0v) is 8.09. The van der Waals surface area contributed by atoms with Crippen molar-refractivity contribution < 1.29 is 0 Å². The predicted molar refractivity (Wildman–Crippen MR) is 50.1 cm³/mol. The van der Waals surface area contributed by atoms with Crippen LogP contribution in [0.2, 0.25) is 0 Å². The first-order chi connectivity index (χ1) is 5.00. The zero-order valence-electron chi connectivity index (χ0n) is 8.09. The van der Waals surface area contributed by atoms with Crippen LogP contribution in [0.4, 0.5) is 0 Å². The van der Waals surface area contributed by atoms with Gasteiger partial charge in [0, 0.05) is 6.04 Å². The Kier molecular flexibility index (Phi) is 1.42. The molecule has 3 atom stereocenters. The summed E-state index contributed by atoms with van der Waals surface area (Å²) in [7, 11) is 2.28. The summed E-state index contributed by atoms with van der Waals surface area (Å²) in [6.07, 6.45) is 1.51. The minimum atomic E-state index is 0.491. The zero-order chi connectivity index (χ0) is 8.22. The molecule has 1 saturated carbocycles. The van der Waals surface area contributed by atoms with Crippen LogP contribution in [0, 0.1) is 17.3 Å². The predicted octanol–water partition coefficient (Wildman–Crippen LogP) is 0.901. The lowest BCUT2D eigenvalue weighted by Crippen LogP contribution is -2.40. The third kappa shape index (κ3) is 1.12. The molecule has 0 spiro atoms. The Morgan fingerprint density at radius 3 is 2.27 bits per heavy atom. The van der Waals surface area contributed by atoms with Gasteiger partial charge in [-0.3, -0.25) is 0 Å². The molecule has 0 aromatic heterocycles. The molecule has 0 aromatic rings. The summed E-state index contributed by atoms with van der Waals surface area (Å²) < 4.78 is 0. The number of hydrogen-bond acceptors (Lipinski definition) is 1. The van der Waals surface area contributed by atoms with Crippen LogP contribution in [0.5, 0.6) is 0 Å². The van der Waals surface area contributed by atoms with Crippen molar-refractivity contribution in [1.29, 1.82) is 0 Å². The molecule has 2 unspecified atom stereocenters. The Labute approximate surface area is 70.6 Å². The van der Waals surface area contributed by atoms with Gasteiger partial charge in [0.05, 0.1) is 0 Å². The molecule has 0 radical (unpaired) electrons. The van der Waals surface area contributed by atoms with Crippen LogP contribution in [-0.4, -0.2) is 25.4 Å². The number of piperidine rings is 1. The van der Waals surface area contributed by atoms with Crippen molar-refractivity contribution in [1.82, 2.24) is 4.81 Å². The monoisotopic (exact) mass is 151 g/mol. The van der Waals surface area contributed by atoms with E-state index in [0.29, 0.717) is 5.41 Å². The third-order valence-electron chi connectivity index (χ3n) is 3.27. The van der Waals surface area contributed by atoms with Gasteiger partial charge in [-0.15, -0.1) is 0 Å². The Bertz CT molecular complexity index is 171. The molecule has 0 N–H and O–H groups in total. The summed E-state index contributed by atoms with van der Waals surface area (Å²) >= 11 is 0. The number of hydrogen-bond donors (Lipinski definition) is 0. The van der Waals surface area contributed by atoms with Gasteiger partial charge in [-0.25, -0.2) is 0 Å². The summed E-state index contributed by atoms with van der Waals surface area (Å²) in [6, 6.07) is 0.854.